The molecule has 22 heavy (non-hydrogen) atoms. The Morgan fingerprint density at radius 1 is 1.27 bits per heavy atom. The van der Waals surface area contributed by atoms with E-state index in [0.29, 0.717) is 18.3 Å². The molecule has 4 bridgehead atoms. The Morgan fingerprint density at radius 2 is 1.95 bits per heavy atom. The minimum atomic E-state index is -0.710. The average molecular weight is 306 g/mol. The van der Waals surface area contributed by atoms with Crippen LogP contribution in [0.3, 0.4) is 0 Å². The van der Waals surface area contributed by atoms with Crippen molar-refractivity contribution in [2.24, 2.45) is 17.3 Å². The zero-order chi connectivity index (χ0) is 15.8. The van der Waals surface area contributed by atoms with Gasteiger partial charge in [-0.25, -0.2) is 0 Å². The van der Waals surface area contributed by atoms with Gasteiger partial charge in [0.1, 0.15) is 0 Å². The lowest BCUT2D eigenvalue weighted by Gasteiger charge is -2.58. The summed E-state index contributed by atoms with van der Waals surface area (Å²) in [6.07, 6.45) is 4.97. The van der Waals surface area contributed by atoms with Crippen LogP contribution in [0.25, 0.3) is 0 Å². The third-order valence-corrected chi connectivity index (χ3v) is 5.36. The highest BCUT2D eigenvalue weighted by molar-refractivity contribution is 5.83. The van der Waals surface area contributed by atoms with E-state index in [4.69, 9.17) is 10.00 Å². The second kappa shape index (κ2) is 5.54. The normalized spacial score (nSPS) is 38.4. The van der Waals surface area contributed by atoms with Gasteiger partial charge in [0, 0.05) is 6.54 Å². The van der Waals surface area contributed by atoms with Crippen molar-refractivity contribution in [2.75, 3.05) is 13.2 Å². The van der Waals surface area contributed by atoms with Crippen molar-refractivity contribution < 1.29 is 19.4 Å². The predicted molar refractivity (Wildman–Crippen MR) is 76.3 cm³/mol. The third-order valence-electron chi connectivity index (χ3n) is 5.36. The molecule has 6 nitrogen and oxygen atoms in total. The molecule has 4 atom stereocenters. The molecule has 0 aromatic heterocycles. The number of esters is 1. The summed E-state index contributed by atoms with van der Waals surface area (Å²) in [5, 5.41) is 21.6. The van der Waals surface area contributed by atoms with Gasteiger partial charge in [0.2, 0.25) is 0 Å². The molecule has 0 aromatic carbocycles. The molecule has 6 heteroatoms. The second-order valence-corrected chi connectivity index (χ2v) is 7.30. The number of rotatable bonds is 5. The Labute approximate surface area is 129 Å². The maximum absolute atomic E-state index is 12.5. The van der Waals surface area contributed by atoms with Crippen LogP contribution in [0.4, 0.5) is 0 Å². The van der Waals surface area contributed by atoms with Crippen LogP contribution in [0.5, 0.6) is 0 Å². The molecule has 4 fully saturated rings. The molecule has 4 rings (SSSR count). The summed E-state index contributed by atoms with van der Waals surface area (Å²) in [4.78, 5) is 24.1. The Kier molecular flexibility index (Phi) is 3.85. The Balaban J connectivity index is 1.56. The van der Waals surface area contributed by atoms with Crippen LogP contribution in [0.2, 0.25) is 0 Å². The SMILES string of the molecule is N#CCCNC(=O)COC(=O)C12C[C@@H]3C[C@@H](CC(O)(C3)C1)C2. The van der Waals surface area contributed by atoms with E-state index in [-0.39, 0.29) is 31.4 Å². The number of amides is 1. The first-order chi connectivity index (χ1) is 10.4. The lowest BCUT2D eigenvalue weighted by molar-refractivity contribution is -0.196. The zero-order valence-corrected chi connectivity index (χ0v) is 12.6. The highest BCUT2D eigenvalue weighted by atomic mass is 16.5. The fraction of sp³-hybridized carbons (Fsp3) is 0.812. The average Bonchev–Trinajstić information content (AvgIpc) is 2.42. The van der Waals surface area contributed by atoms with Crippen molar-refractivity contribution in [1.29, 1.82) is 5.26 Å². The summed E-state index contributed by atoms with van der Waals surface area (Å²) in [7, 11) is 0. The first kappa shape index (κ1) is 15.3. The van der Waals surface area contributed by atoms with Gasteiger partial charge in [0.05, 0.1) is 23.5 Å². The zero-order valence-electron chi connectivity index (χ0n) is 12.6. The highest BCUT2D eigenvalue weighted by Gasteiger charge is 2.60. The molecule has 0 aliphatic heterocycles. The molecular formula is C16H22N2O4. The van der Waals surface area contributed by atoms with Crippen molar-refractivity contribution >= 4 is 11.9 Å². The number of ether oxygens (including phenoxy) is 1. The maximum Gasteiger partial charge on any atom is 0.312 e. The molecule has 2 N–H and O–H groups in total. The molecule has 0 aromatic rings. The molecular weight excluding hydrogens is 284 g/mol. The number of hydrogen-bond acceptors (Lipinski definition) is 5. The molecule has 0 saturated heterocycles. The first-order valence-corrected chi connectivity index (χ1v) is 7.98. The van der Waals surface area contributed by atoms with Crippen LogP contribution in [-0.2, 0) is 14.3 Å². The van der Waals surface area contributed by atoms with Crippen molar-refractivity contribution in [1.82, 2.24) is 5.32 Å². The van der Waals surface area contributed by atoms with Crippen LogP contribution in [0, 0.1) is 28.6 Å². The minimum absolute atomic E-state index is 0.236. The van der Waals surface area contributed by atoms with E-state index in [0.717, 1.165) is 32.1 Å². The van der Waals surface area contributed by atoms with E-state index in [2.05, 4.69) is 5.32 Å². The van der Waals surface area contributed by atoms with Gasteiger partial charge in [-0.2, -0.15) is 5.26 Å². The fourth-order valence-corrected chi connectivity index (χ4v) is 5.05. The van der Waals surface area contributed by atoms with Crippen molar-refractivity contribution in [2.45, 2.75) is 50.5 Å². The number of nitrogens with zero attached hydrogens (tertiary/aromatic N) is 1. The maximum atomic E-state index is 12.5. The second-order valence-electron chi connectivity index (χ2n) is 7.30. The summed E-state index contributed by atoms with van der Waals surface area (Å²) >= 11 is 0. The molecule has 0 heterocycles. The minimum Gasteiger partial charge on any atom is -0.455 e. The van der Waals surface area contributed by atoms with E-state index in [9.17, 15) is 14.7 Å². The number of aliphatic hydroxyl groups is 1. The number of carbonyl (C=O) groups excluding carboxylic acids is 2. The Morgan fingerprint density at radius 3 is 2.55 bits per heavy atom. The van der Waals surface area contributed by atoms with E-state index in [1.54, 1.807) is 0 Å². The van der Waals surface area contributed by atoms with Gasteiger partial charge in [-0.1, -0.05) is 0 Å². The van der Waals surface area contributed by atoms with Crippen LogP contribution < -0.4 is 5.32 Å². The van der Waals surface area contributed by atoms with Gasteiger partial charge in [0.25, 0.3) is 5.91 Å². The molecule has 0 spiro atoms. The van der Waals surface area contributed by atoms with Gasteiger partial charge in [0.15, 0.2) is 6.61 Å². The lowest BCUT2D eigenvalue weighted by atomic mass is 9.48. The number of carbonyl (C=O) groups is 2. The third kappa shape index (κ3) is 2.82. The molecule has 4 aliphatic rings. The summed E-state index contributed by atoms with van der Waals surface area (Å²) in [5.74, 6) is 0.0917. The van der Waals surface area contributed by atoms with Gasteiger partial charge in [-0.05, 0) is 50.4 Å². The lowest BCUT2D eigenvalue weighted by Crippen LogP contribution is -2.58. The topological polar surface area (TPSA) is 99.4 Å². The first-order valence-electron chi connectivity index (χ1n) is 7.98. The Hall–Kier alpha value is -1.61. The Bertz CT molecular complexity index is 511. The van der Waals surface area contributed by atoms with Crippen molar-refractivity contribution in [3.8, 4) is 6.07 Å². The van der Waals surface area contributed by atoms with E-state index in [1.807, 2.05) is 6.07 Å². The van der Waals surface area contributed by atoms with Crippen molar-refractivity contribution in [3.05, 3.63) is 0 Å². The predicted octanol–water partition coefficient (Wildman–Crippen LogP) is 0.891. The molecule has 4 saturated carbocycles. The van der Waals surface area contributed by atoms with Crippen LogP contribution >= 0.6 is 0 Å². The smallest absolute Gasteiger partial charge is 0.312 e. The van der Waals surface area contributed by atoms with E-state index in [1.165, 1.54) is 0 Å². The van der Waals surface area contributed by atoms with Crippen LogP contribution in [-0.4, -0.2) is 35.7 Å². The molecule has 0 radical (unpaired) electrons. The van der Waals surface area contributed by atoms with Gasteiger partial charge in [-0.3, -0.25) is 9.59 Å². The van der Waals surface area contributed by atoms with Crippen LogP contribution in [0.15, 0.2) is 0 Å². The number of nitriles is 1. The van der Waals surface area contributed by atoms with Gasteiger partial charge < -0.3 is 15.2 Å². The quantitative estimate of drug-likeness (QED) is 0.580. The summed E-state index contributed by atoms with van der Waals surface area (Å²) < 4.78 is 5.22. The van der Waals surface area contributed by atoms with Crippen LogP contribution in [0.1, 0.15) is 44.9 Å². The summed E-state index contributed by atoms with van der Waals surface area (Å²) in [6, 6.07) is 1.93. The molecule has 120 valence electrons. The van der Waals surface area contributed by atoms with Gasteiger partial charge >= 0.3 is 5.97 Å². The summed E-state index contributed by atoms with van der Waals surface area (Å²) in [5.41, 5.74) is -1.30. The van der Waals surface area contributed by atoms with Gasteiger partial charge in [-0.15, -0.1) is 0 Å². The molecule has 4 aliphatic carbocycles. The number of nitrogens with one attached hydrogen (secondary N) is 1. The standard InChI is InChI=1S/C16H22N2O4/c17-2-1-3-18-13(19)9-22-14(20)15-5-11-4-12(6-15)8-16(21,7-11)10-15/h11-12,21H,1,3-10H2,(H,18,19)/t11-,12+,15?,16?. The van der Waals surface area contributed by atoms with E-state index < -0.39 is 11.0 Å². The fourth-order valence-electron chi connectivity index (χ4n) is 5.05. The van der Waals surface area contributed by atoms with E-state index >= 15 is 0 Å². The highest BCUT2D eigenvalue weighted by Crippen LogP contribution is 2.61. The molecule has 1 amide bonds. The van der Waals surface area contributed by atoms with Crippen molar-refractivity contribution in [3.63, 3.8) is 0 Å². The summed E-state index contributed by atoms with van der Waals surface area (Å²) in [6.45, 7) is -0.0400. The largest absolute Gasteiger partial charge is 0.455 e. The molecule has 2 unspecified atom stereocenters. The number of hydrogen-bond donors (Lipinski definition) is 2. The monoisotopic (exact) mass is 306 g/mol.